The van der Waals surface area contributed by atoms with E-state index in [2.05, 4.69) is 37.1 Å². The van der Waals surface area contributed by atoms with Gasteiger partial charge < -0.3 is 24.6 Å². The van der Waals surface area contributed by atoms with Gasteiger partial charge in [-0.05, 0) is 46.9 Å². The van der Waals surface area contributed by atoms with Crippen LogP contribution < -0.4 is 14.8 Å². The molecule has 10 heteroatoms. The van der Waals surface area contributed by atoms with Crippen LogP contribution in [0.25, 0.3) is 10.9 Å². The number of aromatic nitrogens is 3. The Labute approximate surface area is 216 Å². The summed E-state index contributed by atoms with van der Waals surface area (Å²) in [7, 11) is 4.08. The third-order valence-electron chi connectivity index (χ3n) is 7.07. The van der Waals surface area contributed by atoms with E-state index in [1.54, 1.807) is 12.3 Å². The molecule has 4 heterocycles. The van der Waals surface area contributed by atoms with Gasteiger partial charge in [0.25, 0.3) is 6.43 Å². The van der Waals surface area contributed by atoms with Gasteiger partial charge in [-0.15, -0.1) is 0 Å². The Balaban J connectivity index is 1.45. The summed E-state index contributed by atoms with van der Waals surface area (Å²) in [6.07, 6.45) is 0.766. The van der Waals surface area contributed by atoms with Crippen LogP contribution >= 0.6 is 0 Å². The molecule has 2 fully saturated rings. The molecule has 2 aliphatic heterocycles. The second kappa shape index (κ2) is 10.7. The number of ether oxygens (including phenoxy) is 2. The molecule has 0 unspecified atom stereocenters. The van der Waals surface area contributed by atoms with Gasteiger partial charge in [-0.25, -0.2) is 23.7 Å². The smallest absolute Gasteiger partial charge is 0.267 e. The highest BCUT2D eigenvalue weighted by molar-refractivity contribution is 5.89. The summed E-state index contributed by atoms with van der Waals surface area (Å²) in [6, 6.07) is 6.42. The summed E-state index contributed by atoms with van der Waals surface area (Å²) in [5, 5.41) is 4.19. The minimum atomic E-state index is -2.64. The quantitative estimate of drug-likeness (QED) is 0.469. The monoisotopic (exact) mass is 512 g/mol. The fourth-order valence-electron chi connectivity index (χ4n) is 5.13. The van der Waals surface area contributed by atoms with Gasteiger partial charge in [-0.1, -0.05) is 12.1 Å². The highest BCUT2D eigenvalue weighted by atomic mass is 19.3. The number of nitrogens with zero attached hydrogens (tertiary/aromatic N) is 5. The molecule has 2 saturated heterocycles. The molecule has 0 amide bonds. The van der Waals surface area contributed by atoms with Gasteiger partial charge >= 0.3 is 0 Å². The van der Waals surface area contributed by atoms with E-state index < -0.39 is 6.43 Å². The third-order valence-corrected chi connectivity index (χ3v) is 7.07. The van der Waals surface area contributed by atoms with Crippen LogP contribution in [0.3, 0.4) is 0 Å². The summed E-state index contributed by atoms with van der Waals surface area (Å²) in [5.41, 5.74) is 1.26. The first-order valence-corrected chi connectivity index (χ1v) is 12.8. The fourth-order valence-corrected chi connectivity index (χ4v) is 5.13. The Bertz CT molecular complexity index is 1260. The standard InChI is InChI=1S/C27H34F2N6O2/c1-16(20-6-5-7-21(26(28)29)25(20)37-19-9-11-35(4)15-19)31-27-22-12-24(36-18-8-10-34(3)14-18)30-13-23(22)32-17(2)33-27/h5-7,12-13,16,18-19,26H,8-11,14-15H2,1-4H3,(H,31,32,33)/t16-,18+,19+/m1/s1. The van der Waals surface area contributed by atoms with Crippen LogP contribution in [0.15, 0.2) is 30.5 Å². The van der Waals surface area contributed by atoms with E-state index in [1.807, 2.05) is 33.0 Å². The van der Waals surface area contributed by atoms with Gasteiger partial charge in [0.2, 0.25) is 5.88 Å². The molecule has 0 aliphatic carbocycles. The predicted molar refractivity (Wildman–Crippen MR) is 139 cm³/mol. The lowest BCUT2D eigenvalue weighted by atomic mass is 10.0. The molecule has 37 heavy (non-hydrogen) atoms. The molecule has 0 radical (unpaired) electrons. The highest BCUT2D eigenvalue weighted by Gasteiger charge is 2.27. The number of rotatable bonds is 8. The van der Waals surface area contributed by atoms with Crippen molar-refractivity contribution in [1.29, 1.82) is 0 Å². The van der Waals surface area contributed by atoms with Crippen LogP contribution in [0.2, 0.25) is 0 Å². The fraction of sp³-hybridized carbons (Fsp3) is 0.519. The Morgan fingerprint density at radius 2 is 1.68 bits per heavy atom. The molecule has 2 aliphatic rings. The van der Waals surface area contributed by atoms with Crippen LogP contribution in [-0.4, -0.2) is 77.2 Å². The minimum absolute atomic E-state index is 0.0862. The molecule has 2 aromatic heterocycles. The van der Waals surface area contributed by atoms with Crippen molar-refractivity contribution in [3.8, 4) is 11.6 Å². The normalized spacial score (nSPS) is 21.6. The van der Waals surface area contributed by atoms with Crippen molar-refractivity contribution >= 4 is 16.7 Å². The summed E-state index contributed by atoms with van der Waals surface area (Å²) < 4.78 is 40.3. The summed E-state index contributed by atoms with van der Waals surface area (Å²) in [4.78, 5) is 18.0. The van der Waals surface area contributed by atoms with Crippen molar-refractivity contribution in [2.75, 3.05) is 45.6 Å². The maximum absolute atomic E-state index is 14.0. The zero-order valence-corrected chi connectivity index (χ0v) is 21.7. The molecule has 1 N–H and O–H groups in total. The van der Waals surface area contributed by atoms with Crippen LogP contribution in [0.4, 0.5) is 14.6 Å². The van der Waals surface area contributed by atoms with Crippen molar-refractivity contribution in [3.05, 3.63) is 47.4 Å². The molecule has 1 aromatic carbocycles. The zero-order valence-electron chi connectivity index (χ0n) is 21.7. The molecule has 3 aromatic rings. The topological polar surface area (TPSA) is 75.6 Å². The first kappa shape index (κ1) is 25.5. The Hall–Kier alpha value is -3.11. The lowest BCUT2D eigenvalue weighted by Crippen LogP contribution is -2.23. The minimum Gasteiger partial charge on any atom is -0.488 e. The van der Waals surface area contributed by atoms with E-state index in [-0.39, 0.29) is 29.6 Å². The largest absolute Gasteiger partial charge is 0.488 e. The van der Waals surface area contributed by atoms with Crippen molar-refractivity contribution in [3.63, 3.8) is 0 Å². The van der Waals surface area contributed by atoms with Gasteiger partial charge in [-0.3, -0.25) is 0 Å². The number of aryl methyl sites for hydroxylation is 1. The number of nitrogens with one attached hydrogen (secondary N) is 1. The number of hydrogen-bond acceptors (Lipinski definition) is 8. The van der Waals surface area contributed by atoms with E-state index >= 15 is 0 Å². The van der Waals surface area contributed by atoms with Gasteiger partial charge in [0, 0.05) is 43.2 Å². The average molecular weight is 513 g/mol. The number of halogens is 2. The summed E-state index contributed by atoms with van der Waals surface area (Å²) in [6.45, 7) is 7.18. The first-order chi connectivity index (χ1) is 17.8. The van der Waals surface area contributed by atoms with Crippen molar-refractivity contribution < 1.29 is 18.3 Å². The van der Waals surface area contributed by atoms with E-state index in [4.69, 9.17) is 9.47 Å². The SMILES string of the molecule is Cc1nc(N[C@H](C)c2cccc(C(F)F)c2O[C@H]2CCN(C)C2)c2cc(O[C@H]3CCN(C)C3)ncc2n1. The number of para-hydroxylation sites is 1. The Kier molecular flexibility index (Phi) is 7.39. The van der Waals surface area contributed by atoms with Crippen LogP contribution in [0.5, 0.6) is 11.6 Å². The Morgan fingerprint density at radius 3 is 2.32 bits per heavy atom. The third kappa shape index (κ3) is 5.75. The molecular formula is C27H34F2N6O2. The second-order valence-corrected chi connectivity index (χ2v) is 10.2. The lowest BCUT2D eigenvalue weighted by molar-refractivity contribution is 0.137. The van der Waals surface area contributed by atoms with Crippen molar-refractivity contribution in [2.45, 2.75) is 51.4 Å². The maximum Gasteiger partial charge on any atom is 0.267 e. The van der Waals surface area contributed by atoms with E-state index in [0.717, 1.165) is 37.9 Å². The number of likely N-dealkylation sites (N-methyl/N-ethyl adjacent to an activating group) is 2. The average Bonchev–Trinajstić information content (AvgIpc) is 3.46. The highest BCUT2D eigenvalue weighted by Crippen LogP contribution is 2.38. The number of benzene rings is 1. The number of hydrogen-bond donors (Lipinski definition) is 1. The molecule has 5 rings (SSSR count). The van der Waals surface area contributed by atoms with Gasteiger partial charge in [0.15, 0.2) is 0 Å². The second-order valence-electron chi connectivity index (χ2n) is 10.2. The van der Waals surface area contributed by atoms with Crippen molar-refractivity contribution in [1.82, 2.24) is 24.8 Å². The number of pyridine rings is 1. The van der Waals surface area contributed by atoms with E-state index in [1.165, 1.54) is 6.07 Å². The molecule has 198 valence electrons. The number of fused-ring (bicyclic) bond motifs is 1. The lowest BCUT2D eigenvalue weighted by Gasteiger charge is -2.24. The van der Waals surface area contributed by atoms with Gasteiger partial charge in [0.05, 0.1) is 23.3 Å². The molecule has 0 saturated carbocycles. The maximum atomic E-state index is 14.0. The number of alkyl halides is 2. The number of likely N-dealkylation sites (tertiary alicyclic amines) is 2. The predicted octanol–water partition coefficient (Wildman–Crippen LogP) is 4.61. The van der Waals surface area contributed by atoms with Crippen LogP contribution in [0, 0.1) is 6.92 Å². The number of anilines is 1. The Morgan fingerprint density at radius 1 is 1.00 bits per heavy atom. The van der Waals surface area contributed by atoms with Crippen LogP contribution in [0.1, 0.15) is 49.2 Å². The molecular weight excluding hydrogens is 478 g/mol. The molecule has 0 spiro atoms. The van der Waals surface area contributed by atoms with Gasteiger partial charge in [0.1, 0.15) is 29.6 Å². The molecule has 0 bridgehead atoms. The first-order valence-electron chi connectivity index (χ1n) is 12.8. The molecule has 3 atom stereocenters. The van der Waals surface area contributed by atoms with Crippen LogP contribution in [-0.2, 0) is 0 Å². The summed E-state index contributed by atoms with van der Waals surface area (Å²) in [5.74, 6) is 1.95. The van der Waals surface area contributed by atoms with Crippen molar-refractivity contribution in [2.24, 2.45) is 0 Å². The van der Waals surface area contributed by atoms with E-state index in [9.17, 15) is 8.78 Å². The van der Waals surface area contributed by atoms with Gasteiger partial charge in [-0.2, -0.15) is 0 Å². The zero-order chi connectivity index (χ0) is 26.1. The van der Waals surface area contributed by atoms with E-state index in [0.29, 0.717) is 35.1 Å². The summed E-state index contributed by atoms with van der Waals surface area (Å²) >= 11 is 0. The molecule has 8 nitrogen and oxygen atoms in total.